The van der Waals surface area contributed by atoms with Crippen molar-refractivity contribution in [1.82, 2.24) is 13.6 Å². The summed E-state index contributed by atoms with van der Waals surface area (Å²) in [7, 11) is -3.87. The standard InChI is InChI=1S/C15H21ClF3N3O2S/c1-3-22(11(2)14-5-4-13(16)10-20-14)25(23,24)21-8-6-12(7-9-21)15(17,18)19/h4-5,10-12H,3,6-9H2,1-2H3. The zero-order valence-electron chi connectivity index (χ0n) is 14.0. The van der Waals surface area contributed by atoms with Crippen LogP contribution in [0.4, 0.5) is 13.2 Å². The number of nitrogens with zero attached hydrogens (tertiary/aromatic N) is 3. The summed E-state index contributed by atoms with van der Waals surface area (Å²) in [6.07, 6.45) is -3.27. The minimum atomic E-state index is -4.28. The van der Waals surface area contributed by atoms with E-state index >= 15 is 0 Å². The Morgan fingerprint density at radius 3 is 2.40 bits per heavy atom. The Labute approximate surface area is 151 Å². The van der Waals surface area contributed by atoms with E-state index in [-0.39, 0.29) is 32.5 Å². The highest BCUT2D eigenvalue weighted by molar-refractivity contribution is 7.86. The smallest absolute Gasteiger partial charge is 0.258 e. The average molecular weight is 400 g/mol. The number of alkyl halides is 3. The first-order chi connectivity index (χ1) is 11.6. The molecule has 1 aliphatic rings. The highest BCUT2D eigenvalue weighted by atomic mass is 35.5. The van der Waals surface area contributed by atoms with Gasteiger partial charge in [-0.3, -0.25) is 4.98 Å². The monoisotopic (exact) mass is 399 g/mol. The molecule has 0 N–H and O–H groups in total. The minimum Gasteiger partial charge on any atom is -0.258 e. The van der Waals surface area contributed by atoms with E-state index < -0.39 is 28.3 Å². The van der Waals surface area contributed by atoms with Gasteiger partial charge in [0.2, 0.25) is 0 Å². The summed E-state index contributed by atoms with van der Waals surface area (Å²) in [5.41, 5.74) is 0.528. The Hall–Kier alpha value is -0.900. The summed E-state index contributed by atoms with van der Waals surface area (Å²) in [5.74, 6) is -1.44. The van der Waals surface area contributed by atoms with Gasteiger partial charge in [-0.25, -0.2) is 0 Å². The predicted molar refractivity (Wildman–Crippen MR) is 89.3 cm³/mol. The van der Waals surface area contributed by atoms with Gasteiger partial charge in [0.05, 0.1) is 22.7 Å². The summed E-state index contributed by atoms with van der Waals surface area (Å²) in [6.45, 7) is 3.30. The van der Waals surface area contributed by atoms with Crippen LogP contribution in [-0.4, -0.2) is 47.8 Å². The van der Waals surface area contributed by atoms with Crippen molar-refractivity contribution in [1.29, 1.82) is 0 Å². The summed E-state index contributed by atoms with van der Waals surface area (Å²) < 4.78 is 66.4. The lowest BCUT2D eigenvalue weighted by Crippen LogP contribution is -2.49. The Balaban J connectivity index is 2.15. The molecule has 1 saturated heterocycles. The number of halogens is 4. The van der Waals surface area contributed by atoms with E-state index in [2.05, 4.69) is 4.98 Å². The molecule has 2 rings (SSSR count). The lowest BCUT2D eigenvalue weighted by molar-refractivity contribution is -0.182. The van der Waals surface area contributed by atoms with Crippen molar-refractivity contribution in [3.63, 3.8) is 0 Å². The molecule has 0 aliphatic carbocycles. The molecule has 10 heteroatoms. The number of rotatable bonds is 5. The first-order valence-corrected chi connectivity index (χ1v) is 9.80. The summed E-state index contributed by atoms with van der Waals surface area (Å²) >= 11 is 5.80. The quantitative estimate of drug-likeness (QED) is 0.759. The van der Waals surface area contributed by atoms with Crippen LogP contribution in [0.2, 0.25) is 5.02 Å². The second-order valence-electron chi connectivity index (χ2n) is 6.00. The second-order valence-corrected chi connectivity index (χ2v) is 8.32. The molecule has 25 heavy (non-hydrogen) atoms. The van der Waals surface area contributed by atoms with Gasteiger partial charge in [-0.1, -0.05) is 18.5 Å². The van der Waals surface area contributed by atoms with Crippen LogP contribution in [0.1, 0.15) is 38.4 Å². The van der Waals surface area contributed by atoms with E-state index in [0.29, 0.717) is 10.7 Å². The molecule has 0 bridgehead atoms. The fraction of sp³-hybridized carbons (Fsp3) is 0.667. The molecule has 2 heterocycles. The van der Waals surface area contributed by atoms with Crippen molar-refractivity contribution < 1.29 is 21.6 Å². The van der Waals surface area contributed by atoms with Gasteiger partial charge < -0.3 is 0 Å². The van der Waals surface area contributed by atoms with Crippen molar-refractivity contribution in [2.45, 2.75) is 38.9 Å². The molecule has 1 aromatic rings. The molecule has 1 aromatic heterocycles. The lowest BCUT2D eigenvalue weighted by Gasteiger charge is -2.37. The van der Waals surface area contributed by atoms with E-state index in [9.17, 15) is 21.6 Å². The zero-order chi connectivity index (χ0) is 18.8. The maximum Gasteiger partial charge on any atom is 0.391 e. The van der Waals surface area contributed by atoms with Gasteiger partial charge in [-0.15, -0.1) is 0 Å². The molecule has 1 unspecified atom stereocenters. The molecule has 0 radical (unpaired) electrons. The largest absolute Gasteiger partial charge is 0.391 e. The normalized spacial score (nSPS) is 19.3. The van der Waals surface area contributed by atoms with Gasteiger partial charge in [0.1, 0.15) is 0 Å². The topological polar surface area (TPSA) is 53.5 Å². The molecule has 0 amide bonds. The van der Waals surface area contributed by atoms with E-state index in [1.165, 1.54) is 10.5 Å². The molecule has 1 fully saturated rings. The number of pyridine rings is 1. The van der Waals surface area contributed by atoms with Gasteiger partial charge in [0.25, 0.3) is 10.2 Å². The van der Waals surface area contributed by atoms with Crippen LogP contribution < -0.4 is 0 Å². The van der Waals surface area contributed by atoms with Gasteiger partial charge >= 0.3 is 6.18 Å². The van der Waals surface area contributed by atoms with Gasteiger partial charge in [0, 0.05) is 25.8 Å². The van der Waals surface area contributed by atoms with Crippen LogP contribution in [0.3, 0.4) is 0 Å². The maximum absolute atomic E-state index is 12.9. The number of piperidine rings is 1. The number of aromatic nitrogens is 1. The van der Waals surface area contributed by atoms with Crippen molar-refractivity contribution in [2.24, 2.45) is 5.92 Å². The highest BCUT2D eigenvalue weighted by Crippen LogP contribution is 2.35. The number of hydrogen-bond donors (Lipinski definition) is 0. The lowest BCUT2D eigenvalue weighted by atomic mass is 9.98. The highest BCUT2D eigenvalue weighted by Gasteiger charge is 2.44. The molecule has 0 saturated carbocycles. The van der Waals surface area contributed by atoms with Crippen molar-refractivity contribution >= 4 is 21.8 Å². The SMILES string of the molecule is CCN(C(C)c1ccc(Cl)cn1)S(=O)(=O)N1CCC(C(F)(F)F)CC1. The minimum absolute atomic E-state index is 0.135. The van der Waals surface area contributed by atoms with Crippen LogP contribution in [0.25, 0.3) is 0 Å². The fourth-order valence-electron chi connectivity index (χ4n) is 2.98. The molecule has 1 aliphatic heterocycles. The predicted octanol–water partition coefficient (Wildman–Crippen LogP) is 3.64. The first-order valence-electron chi connectivity index (χ1n) is 8.02. The van der Waals surface area contributed by atoms with Crippen LogP contribution >= 0.6 is 11.6 Å². The molecule has 5 nitrogen and oxygen atoms in total. The Bertz CT molecular complexity index is 674. The van der Waals surface area contributed by atoms with Crippen LogP contribution in [0.15, 0.2) is 18.3 Å². The Morgan fingerprint density at radius 1 is 1.36 bits per heavy atom. The van der Waals surface area contributed by atoms with E-state index in [4.69, 9.17) is 11.6 Å². The maximum atomic E-state index is 12.9. The van der Waals surface area contributed by atoms with E-state index in [1.54, 1.807) is 26.0 Å². The van der Waals surface area contributed by atoms with Gasteiger partial charge in [-0.05, 0) is 31.9 Å². The third-order valence-electron chi connectivity index (χ3n) is 4.46. The third kappa shape index (κ3) is 4.64. The van der Waals surface area contributed by atoms with E-state index in [0.717, 1.165) is 4.31 Å². The summed E-state index contributed by atoms with van der Waals surface area (Å²) in [6, 6.07) is 2.71. The van der Waals surface area contributed by atoms with Crippen LogP contribution in [0.5, 0.6) is 0 Å². The first kappa shape index (κ1) is 20.4. The summed E-state index contributed by atoms with van der Waals surface area (Å²) in [4.78, 5) is 4.14. The third-order valence-corrected chi connectivity index (χ3v) is 6.87. The fourth-order valence-corrected chi connectivity index (χ4v) is 4.90. The second kappa shape index (κ2) is 7.77. The van der Waals surface area contributed by atoms with Gasteiger partial charge in [-0.2, -0.15) is 30.2 Å². The van der Waals surface area contributed by atoms with E-state index in [1.807, 2.05) is 0 Å². The molecule has 1 atom stereocenters. The van der Waals surface area contributed by atoms with Crippen LogP contribution in [0, 0.1) is 5.92 Å². The van der Waals surface area contributed by atoms with Gasteiger partial charge in [0.15, 0.2) is 0 Å². The Kier molecular flexibility index (Phi) is 6.35. The van der Waals surface area contributed by atoms with Crippen molar-refractivity contribution in [3.05, 3.63) is 29.0 Å². The van der Waals surface area contributed by atoms with Crippen molar-refractivity contribution in [3.8, 4) is 0 Å². The van der Waals surface area contributed by atoms with Crippen LogP contribution in [-0.2, 0) is 10.2 Å². The average Bonchev–Trinajstić information content (AvgIpc) is 2.55. The summed E-state index contributed by atoms with van der Waals surface area (Å²) in [5, 5.41) is 0.441. The molecule has 142 valence electrons. The molecule has 0 spiro atoms. The molecule has 0 aromatic carbocycles. The molecular weight excluding hydrogens is 379 g/mol. The number of hydrogen-bond acceptors (Lipinski definition) is 3. The molecular formula is C15H21ClF3N3O2S. The Morgan fingerprint density at radius 2 is 1.96 bits per heavy atom. The van der Waals surface area contributed by atoms with Crippen molar-refractivity contribution in [2.75, 3.05) is 19.6 Å². The zero-order valence-corrected chi connectivity index (χ0v) is 15.6.